The molecule has 0 spiro atoms. The first-order valence-electron chi connectivity index (χ1n) is 10.6. The van der Waals surface area contributed by atoms with Crippen LogP contribution in [0.3, 0.4) is 0 Å². The minimum absolute atomic E-state index is 0.0815. The zero-order valence-electron chi connectivity index (χ0n) is 18.1. The predicted octanol–water partition coefficient (Wildman–Crippen LogP) is 3.46. The number of carbonyl (C=O) groups is 1. The number of fused-ring (bicyclic) bond motifs is 1. The third kappa shape index (κ3) is 4.14. The molecule has 2 heterocycles. The number of benzene rings is 2. The number of amides is 1. The molecular formula is C23H28N2O5S. The van der Waals surface area contributed by atoms with Crippen LogP contribution < -0.4 is 9.47 Å². The first-order valence-corrected chi connectivity index (χ1v) is 12.0. The lowest BCUT2D eigenvalue weighted by atomic mass is 10.0. The summed E-state index contributed by atoms with van der Waals surface area (Å²) in [5.74, 6) is 1.26. The molecule has 7 nitrogen and oxygen atoms in total. The summed E-state index contributed by atoms with van der Waals surface area (Å²) < 4.78 is 38.3. The highest BCUT2D eigenvalue weighted by atomic mass is 32.2. The molecule has 2 aliphatic rings. The molecule has 0 aromatic heterocycles. The van der Waals surface area contributed by atoms with Crippen LogP contribution in [-0.4, -0.2) is 56.4 Å². The second kappa shape index (κ2) is 8.51. The molecule has 1 amide bonds. The second-order valence-corrected chi connectivity index (χ2v) is 10.2. The second-order valence-electron chi connectivity index (χ2n) is 8.20. The Morgan fingerprint density at radius 2 is 1.84 bits per heavy atom. The van der Waals surface area contributed by atoms with Crippen molar-refractivity contribution in [2.45, 2.75) is 43.7 Å². The number of likely N-dealkylation sites (tertiary alicyclic amines) is 1. The van der Waals surface area contributed by atoms with E-state index in [9.17, 15) is 13.2 Å². The molecule has 0 N–H and O–H groups in total. The van der Waals surface area contributed by atoms with Crippen molar-refractivity contribution in [1.29, 1.82) is 0 Å². The van der Waals surface area contributed by atoms with Gasteiger partial charge in [-0.05, 0) is 62.6 Å². The quantitative estimate of drug-likeness (QED) is 0.706. The predicted molar refractivity (Wildman–Crippen MR) is 117 cm³/mol. The van der Waals surface area contributed by atoms with Gasteiger partial charge in [-0.25, -0.2) is 8.42 Å². The summed E-state index contributed by atoms with van der Waals surface area (Å²) in [5.41, 5.74) is 1.38. The van der Waals surface area contributed by atoms with E-state index in [1.165, 1.54) is 16.4 Å². The van der Waals surface area contributed by atoms with Gasteiger partial charge in [0.2, 0.25) is 10.0 Å². The topological polar surface area (TPSA) is 76.2 Å². The minimum atomic E-state index is -3.66. The van der Waals surface area contributed by atoms with Gasteiger partial charge in [0.25, 0.3) is 5.91 Å². The van der Waals surface area contributed by atoms with Gasteiger partial charge in [0, 0.05) is 25.2 Å². The summed E-state index contributed by atoms with van der Waals surface area (Å²) in [6.07, 6.45) is 1.73. The van der Waals surface area contributed by atoms with Gasteiger partial charge in [0.15, 0.2) is 11.5 Å². The Morgan fingerprint density at radius 1 is 1.10 bits per heavy atom. The van der Waals surface area contributed by atoms with Crippen molar-refractivity contribution in [3.8, 4) is 11.5 Å². The fourth-order valence-corrected chi connectivity index (χ4v) is 5.44. The van der Waals surface area contributed by atoms with Gasteiger partial charge in [-0.1, -0.05) is 12.1 Å². The Labute approximate surface area is 183 Å². The first-order chi connectivity index (χ1) is 14.8. The van der Waals surface area contributed by atoms with E-state index < -0.39 is 10.0 Å². The van der Waals surface area contributed by atoms with Crippen LogP contribution in [0.15, 0.2) is 47.4 Å². The molecule has 1 unspecified atom stereocenters. The van der Waals surface area contributed by atoms with Gasteiger partial charge >= 0.3 is 0 Å². The van der Waals surface area contributed by atoms with Gasteiger partial charge in [-0.15, -0.1) is 0 Å². The van der Waals surface area contributed by atoms with Crippen LogP contribution in [0.4, 0.5) is 0 Å². The van der Waals surface area contributed by atoms with Crippen molar-refractivity contribution in [2.24, 2.45) is 0 Å². The molecule has 1 atom stereocenters. The third-order valence-corrected chi connectivity index (χ3v) is 7.98. The molecule has 1 fully saturated rings. The van der Waals surface area contributed by atoms with E-state index in [1.54, 1.807) is 19.2 Å². The smallest absolute Gasteiger partial charge is 0.254 e. The maximum absolute atomic E-state index is 13.4. The molecule has 2 aromatic rings. The van der Waals surface area contributed by atoms with E-state index in [1.807, 2.05) is 36.9 Å². The lowest BCUT2D eigenvalue weighted by Gasteiger charge is -2.27. The van der Waals surface area contributed by atoms with Crippen molar-refractivity contribution < 1.29 is 22.7 Å². The SMILES string of the molecule is CC(C)N(C)S(=O)(=O)c1cccc(C(=O)N2CCCC2c2ccc3c(c2)OCCO3)c1. The summed E-state index contributed by atoms with van der Waals surface area (Å²) in [6, 6.07) is 11.9. The highest BCUT2D eigenvalue weighted by Gasteiger charge is 2.32. The van der Waals surface area contributed by atoms with E-state index in [0.29, 0.717) is 31.1 Å². The summed E-state index contributed by atoms with van der Waals surface area (Å²) in [4.78, 5) is 15.3. The Bertz CT molecular complexity index is 1080. The summed E-state index contributed by atoms with van der Waals surface area (Å²) in [5, 5.41) is 0. The molecule has 0 saturated carbocycles. The summed E-state index contributed by atoms with van der Waals surface area (Å²) in [6.45, 7) is 5.30. The summed E-state index contributed by atoms with van der Waals surface area (Å²) >= 11 is 0. The van der Waals surface area contributed by atoms with Crippen molar-refractivity contribution in [3.63, 3.8) is 0 Å². The fraction of sp³-hybridized carbons (Fsp3) is 0.435. The number of hydrogen-bond acceptors (Lipinski definition) is 5. The average molecular weight is 445 g/mol. The number of carbonyl (C=O) groups excluding carboxylic acids is 1. The molecule has 2 aliphatic heterocycles. The number of rotatable bonds is 5. The zero-order chi connectivity index (χ0) is 22.2. The van der Waals surface area contributed by atoms with Gasteiger partial charge in [-0.3, -0.25) is 4.79 Å². The number of sulfonamides is 1. The maximum Gasteiger partial charge on any atom is 0.254 e. The molecule has 0 bridgehead atoms. The molecule has 166 valence electrons. The Balaban J connectivity index is 1.61. The number of nitrogens with zero attached hydrogens (tertiary/aromatic N) is 2. The fourth-order valence-electron chi connectivity index (χ4n) is 4.02. The van der Waals surface area contributed by atoms with E-state index in [-0.39, 0.29) is 22.9 Å². The normalized spacial score (nSPS) is 18.6. The van der Waals surface area contributed by atoms with Crippen LogP contribution in [0.1, 0.15) is 48.7 Å². The van der Waals surface area contributed by atoms with Crippen molar-refractivity contribution in [2.75, 3.05) is 26.8 Å². The highest BCUT2D eigenvalue weighted by Crippen LogP contribution is 2.38. The van der Waals surface area contributed by atoms with Gasteiger partial charge in [0.1, 0.15) is 13.2 Å². The van der Waals surface area contributed by atoms with Crippen LogP contribution in [-0.2, 0) is 10.0 Å². The monoisotopic (exact) mass is 444 g/mol. The lowest BCUT2D eigenvalue weighted by Crippen LogP contribution is -2.33. The molecule has 8 heteroatoms. The van der Waals surface area contributed by atoms with Crippen molar-refractivity contribution in [3.05, 3.63) is 53.6 Å². The van der Waals surface area contributed by atoms with Crippen LogP contribution in [0.5, 0.6) is 11.5 Å². The third-order valence-electron chi connectivity index (χ3n) is 5.95. The molecular weight excluding hydrogens is 416 g/mol. The largest absolute Gasteiger partial charge is 0.486 e. The zero-order valence-corrected chi connectivity index (χ0v) is 18.9. The van der Waals surface area contributed by atoms with Gasteiger partial charge in [-0.2, -0.15) is 4.31 Å². The van der Waals surface area contributed by atoms with Gasteiger partial charge < -0.3 is 14.4 Å². The van der Waals surface area contributed by atoms with Gasteiger partial charge in [0.05, 0.1) is 10.9 Å². The van der Waals surface area contributed by atoms with E-state index in [0.717, 1.165) is 24.2 Å². The number of hydrogen-bond donors (Lipinski definition) is 0. The molecule has 0 radical (unpaired) electrons. The lowest BCUT2D eigenvalue weighted by molar-refractivity contribution is 0.0735. The Morgan fingerprint density at radius 3 is 2.58 bits per heavy atom. The van der Waals surface area contributed by atoms with E-state index >= 15 is 0 Å². The van der Waals surface area contributed by atoms with Crippen LogP contribution in [0.2, 0.25) is 0 Å². The standard InChI is InChI=1S/C23H28N2O5S/c1-16(2)24(3)31(27,28)19-7-4-6-18(14-19)23(26)25-11-5-8-20(25)17-9-10-21-22(15-17)30-13-12-29-21/h4,6-7,9-10,14-16,20H,5,8,11-13H2,1-3H3. The first kappa shape index (κ1) is 21.6. The highest BCUT2D eigenvalue weighted by molar-refractivity contribution is 7.89. The number of ether oxygens (including phenoxy) is 2. The van der Waals surface area contributed by atoms with Crippen LogP contribution in [0, 0.1) is 0 Å². The Hall–Kier alpha value is -2.58. The van der Waals surface area contributed by atoms with Crippen LogP contribution >= 0.6 is 0 Å². The Kier molecular flexibility index (Phi) is 5.94. The molecule has 0 aliphatic carbocycles. The molecule has 4 rings (SSSR count). The molecule has 31 heavy (non-hydrogen) atoms. The van der Waals surface area contributed by atoms with E-state index in [4.69, 9.17) is 9.47 Å². The minimum Gasteiger partial charge on any atom is -0.486 e. The van der Waals surface area contributed by atoms with E-state index in [2.05, 4.69) is 0 Å². The average Bonchev–Trinajstić information content (AvgIpc) is 3.27. The van der Waals surface area contributed by atoms with Crippen molar-refractivity contribution >= 4 is 15.9 Å². The van der Waals surface area contributed by atoms with Crippen LogP contribution in [0.25, 0.3) is 0 Å². The summed E-state index contributed by atoms with van der Waals surface area (Å²) in [7, 11) is -2.11. The molecule has 2 aromatic carbocycles. The molecule has 1 saturated heterocycles. The maximum atomic E-state index is 13.4. The van der Waals surface area contributed by atoms with Crippen molar-refractivity contribution in [1.82, 2.24) is 9.21 Å².